The standard InChI is InChI=1S/C11H22N4O/c12-10(16)11(2-5-14-6-3-11)15-8-1-4-13-7-9-15/h13-14H,1-9H2,(H2,12,16). The molecule has 2 fully saturated rings. The van der Waals surface area contributed by atoms with E-state index in [0.717, 1.165) is 58.5 Å². The Morgan fingerprint density at radius 2 is 1.75 bits per heavy atom. The molecule has 5 nitrogen and oxygen atoms in total. The topological polar surface area (TPSA) is 70.4 Å². The molecule has 0 aliphatic carbocycles. The molecule has 2 heterocycles. The molecule has 0 atom stereocenters. The Labute approximate surface area is 96.7 Å². The summed E-state index contributed by atoms with van der Waals surface area (Å²) in [6, 6.07) is 0. The van der Waals surface area contributed by atoms with Crippen molar-refractivity contribution in [2.24, 2.45) is 5.73 Å². The summed E-state index contributed by atoms with van der Waals surface area (Å²) in [5.74, 6) is -0.143. The third-order valence-electron chi connectivity index (χ3n) is 3.83. The summed E-state index contributed by atoms with van der Waals surface area (Å²) in [4.78, 5) is 14.1. The smallest absolute Gasteiger partial charge is 0.238 e. The van der Waals surface area contributed by atoms with Crippen LogP contribution in [0, 0.1) is 0 Å². The maximum Gasteiger partial charge on any atom is 0.238 e. The first-order chi connectivity index (χ1) is 7.76. The highest BCUT2D eigenvalue weighted by atomic mass is 16.1. The van der Waals surface area contributed by atoms with Crippen LogP contribution in [0.3, 0.4) is 0 Å². The van der Waals surface area contributed by atoms with Gasteiger partial charge in [0.2, 0.25) is 5.91 Å². The van der Waals surface area contributed by atoms with E-state index in [2.05, 4.69) is 15.5 Å². The Hall–Kier alpha value is -0.650. The molecule has 0 aromatic carbocycles. The van der Waals surface area contributed by atoms with E-state index >= 15 is 0 Å². The molecule has 5 heteroatoms. The van der Waals surface area contributed by atoms with Gasteiger partial charge >= 0.3 is 0 Å². The lowest BCUT2D eigenvalue weighted by atomic mass is 9.85. The predicted molar refractivity (Wildman–Crippen MR) is 63.1 cm³/mol. The molecule has 4 N–H and O–H groups in total. The molecule has 0 radical (unpaired) electrons. The van der Waals surface area contributed by atoms with Crippen molar-refractivity contribution in [1.82, 2.24) is 15.5 Å². The fraction of sp³-hybridized carbons (Fsp3) is 0.909. The van der Waals surface area contributed by atoms with Gasteiger partial charge in [0, 0.05) is 19.6 Å². The summed E-state index contributed by atoms with van der Waals surface area (Å²) in [7, 11) is 0. The quantitative estimate of drug-likeness (QED) is 0.558. The lowest BCUT2D eigenvalue weighted by Crippen LogP contribution is -2.62. The van der Waals surface area contributed by atoms with Gasteiger partial charge in [0.15, 0.2) is 0 Å². The summed E-state index contributed by atoms with van der Waals surface area (Å²) < 4.78 is 0. The van der Waals surface area contributed by atoms with E-state index < -0.39 is 5.54 Å². The average Bonchev–Trinajstić information content (AvgIpc) is 2.58. The van der Waals surface area contributed by atoms with Gasteiger partial charge in [0.1, 0.15) is 5.54 Å². The molecular formula is C11H22N4O. The number of amides is 1. The number of carbonyl (C=O) groups is 1. The maximum absolute atomic E-state index is 11.8. The van der Waals surface area contributed by atoms with E-state index in [1.807, 2.05) is 0 Å². The fourth-order valence-electron chi connectivity index (χ4n) is 2.83. The molecule has 2 aliphatic rings. The highest BCUT2D eigenvalue weighted by Gasteiger charge is 2.43. The lowest BCUT2D eigenvalue weighted by molar-refractivity contribution is -0.132. The molecule has 0 saturated carbocycles. The number of hydrogen-bond acceptors (Lipinski definition) is 4. The second-order valence-electron chi connectivity index (χ2n) is 4.74. The Morgan fingerprint density at radius 3 is 2.44 bits per heavy atom. The molecule has 0 bridgehead atoms. The molecule has 0 unspecified atom stereocenters. The number of nitrogens with two attached hydrogens (primary N) is 1. The number of hydrogen-bond donors (Lipinski definition) is 3. The Kier molecular flexibility index (Phi) is 3.78. The van der Waals surface area contributed by atoms with Gasteiger partial charge in [-0.3, -0.25) is 9.69 Å². The number of primary amides is 1. The minimum atomic E-state index is -0.392. The maximum atomic E-state index is 11.8. The third-order valence-corrected chi connectivity index (χ3v) is 3.83. The van der Waals surface area contributed by atoms with Crippen LogP contribution >= 0.6 is 0 Å². The predicted octanol–water partition coefficient (Wildman–Crippen LogP) is -1.11. The van der Waals surface area contributed by atoms with Crippen LogP contribution in [0.15, 0.2) is 0 Å². The van der Waals surface area contributed by atoms with Crippen molar-refractivity contribution in [3.05, 3.63) is 0 Å². The van der Waals surface area contributed by atoms with Gasteiger partial charge in [0.05, 0.1) is 0 Å². The van der Waals surface area contributed by atoms with Crippen LogP contribution in [0.5, 0.6) is 0 Å². The van der Waals surface area contributed by atoms with Crippen LogP contribution in [0.4, 0.5) is 0 Å². The van der Waals surface area contributed by atoms with Crippen molar-refractivity contribution in [3.63, 3.8) is 0 Å². The van der Waals surface area contributed by atoms with Crippen LogP contribution in [-0.2, 0) is 4.79 Å². The minimum Gasteiger partial charge on any atom is -0.368 e. The van der Waals surface area contributed by atoms with Gasteiger partial charge in [-0.1, -0.05) is 0 Å². The van der Waals surface area contributed by atoms with E-state index in [0.29, 0.717) is 0 Å². The number of piperidine rings is 1. The molecule has 16 heavy (non-hydrogen) atoms. The van der Waals surface area contributed by atoms with Gasteiger partial charge in [-0.05, 0) is 38.9 Å². The van der Waals surface area contributed by atoms with Gasteiger partial charge in [-0.2, -0.15) is 0 Å². The summed E-state index contributed by atoms with van der Waals surface area (Å²) in [5, 5.41) is 6.66. The zero-order valence-electron chi connectivity index (χ0n) is 9.80. The number of nitrogens with zero attached hydrogens (tertiary/aromatic N) is 1. The molecule has 1 amide bonds. The van der Waals surface area contributed by atoms with Gasteiger partial charge < -0.3 is 16.4 Å². The minimum absolute atomic E-state index is 0.143. The van der Waals surface area contributed by atoms with Crippen LogP contribution in [0.25, 0.3) is 0 Å². The van der Waals surface area contributed by atoms with Crippen LogP contribution in [0.1, 0.15) is 19.3 Å². The fourth-order valence-corrected chi connectivity index (χ4v) is 2.83. The van der Waals surface area contributed by atoms with Gasteiger partial charge in [0.25, 0.3) is 0 Å². The van der Waals surface area contributed by atoms with E-state index in [4.69, 9.17) is 5.73 Å². The molecule has 2 aliphatic heterocycles. The summed E-state index contributed by atoms with van der Waals surface area (Å²) in [6.07, 6.45) is 2.80. The molecule has 2 saturated heterocycles. The SMILES string of the molecule is NC(=O)C1(N2CCCNCC2)CCNCC1. The first-order valence-electron chi connectivity index (χ1n) is 6.22. The monoisotopic (exact) mass is 226 g/mol. The molecule has 0 spiro atoms. The molecule has 0 aromatic rings. The van der Waals surface area contributed by atoms with Crippen LogP contribution in [-0.4, -0.2) is 55.6 Å². The largest absolute Gasteiger partial charge is 0.368 e. The number of rotatable bonds is 2. The second kappa shape index (κ2) is 5.12. The number of carbonyl (C=O) groups excluding carboxylic acids is 1. The summed E-state index contributed by atoms with van der Waals surface area (Å²) in [5.41, 5.74) is 5.26. The van der Waals surface area contributed by atoms with Crippen molar-refractivity contribution in [2.45, 2.75) is 24.8 Å². The molecule has 0 aromatic heterocycles. The Morgan fingerprint density at radius 1 is 1.06 bits per heavy atom. The Bertz CT molecular complexity index is 242. The average molecular weight is 226 g/mol. The van der Waals surface area contributed by atoms with E-state index in [1.165, 1.54) is 0 Å². The van der Waals surface area contributed by atoms with E-state index in [1.54, 1.807) is 0 Å². The lowest BCUT2D eigenvalue weighted by Gasteiger charge is -2.43. The second-order valence-corrected chi connectivity index (χ2v) is 4.74. The highest BCUT2D eigenvalue weighted by molar-refractivity contribution is 5.84. The Balaban J connectivity index is 2.12. The van der Waals surface area contributed by atoms with Crippen LogP contribution in [0.2, 0.25) is 0 Å². The summed E-state index contributed by atoms with van der Waals surface area (Å²) >= 11 is 0. The first kappa shape index (κ1) is 11.8. The molecule has 92 valence electrons. The number of nitrogens with one attached hydrogen (secondary N) is 2. The van der Waals surface area contributed by atoms with E-state index in [9.17, 15) is 4.79 Å². The van der Waals surface area contributed by atoms with Crippen molar-refractivity contribution >= 4 is 5.91 Å². The van der Waals surface area contributed by atoms with Gasteiger partial charge in [-0.25, -0.2) is 0 Å². The third kappa shape index (κ3) is 2.21. The van der Waals surface area contributed by atoms with E-state index in [-0.39, 0.29) is 5.91 Å². The van der Waals surface area contributed by atoms with Gasteiger partial charge in [-0.15, -0.1) is 0 Å². The zero-order chi connectivity index (χ0) is 11.4. The summed E-state index contributed by atoms with van der Waals surface area (Å²) in [6.45, 7) is 5.71. The molecular weight excluding hydrogens is 204 g/mol. The van der Waals surface area contributed by atoms with Crippen molar-refractivity contribution in [2.75, 3.05) is 39.3 Å². The van der Waals surface area contributed by atoms with Crippen molar-refractivity contribution < 1.29 is 4.79 Å². The highest BCUT2D eigenvalue weighted by Crippen LogP contribution is 2.26. The zero-order valence-corrected chi connectivity index (χ0v) is 9.80. The van der Waals surface area contributed by atoms with Crippen molar-refractivity contribution in [1.29, 1.82) is 0 Å². The molecule has 2 rings (SSSR count). The first-order valence-corrected chi connectivity index (χ1v) is 6.22. The van der Waals surface area contributed by atoms with Crippen LogP contribution < -0.4 is 16.4 Å². The van der Waals surface area contributed by atoms with Crippen molar-refractivity contribution in [3.8, 4) is 0 Å². The normalized spacial score (nSPS) is 27.2.